The SMILES string of the molecule is C=CC(=O)N1C[C@H](C)N(c2nc(=O)n3c4c(c(-c5cc(NC6CC6)c(F)cc5F)c(C(F)(F)F)cc24)SCC2(COC2)C3)C[C@H]1C. The van der Waals surface area contributed by atoms with Crippen LogP contribution in [0.2, 0.25) is 0 Å². The van der Waals surface area contributed by atoms with Crippen LogP contribution in [0.4, 0.5) is 33.5 Å². The lowest BCUT2D eigenvalue weighted by atomic mass is 9.88. The van der Waals surface area contributed by atoms with Crippen molar-refractivity contribution >= 4 is 40.1 Å². The molecule has 0 unspecified atom stereocenters. The van der Waals surface area contributed by atoms with E-state index in [1.54, 1.807) is 9.80 Å². The molecule has 4 heterocycles. The molecule has 0 radical (unpaired) electrons. The maximum absolute atomic E-state index is 15.7. The number of nitrogens with one attached hydrogen (secondary N) is 1. The van der Waals surface area contributed by atoms with Gasteiger partial charge in [0, 0.05) is 76.4 Å². The number of piperazine rings is 1. The van der Waals surface area contributed by atoms with Crippen molar-refractivity contribution in [2.24, 2.45) is 5.41 Å². The van der Waals surface area contributed by atoms with E-state index >= 15 is 17.6 Å². The third kappa shape index (κ3) is 5.13. The van der Waals surface area contributed by atoms with E-state index < -0.39 is 51.6 Å². The largest absolute Gasteiger partial charge is 0.417 e. The second kappa shape index (κ2) is 11.0. The first kappa shape index (κ1) is 31.0. The number of nitrogens with zero attached hydrogens (tertiary/aromatic N) is 4. The van der Waals surface area contributed by atoms with Gasteiger partial charge in [-0.15, -0.1) is 11.8 Å². The standard InChI is InChI=1S/C32H32F5N5O3S/c1-4-25(43)40-10-17(3)41(11-16(40)2)29-20-7-21(32(35,36)37)26(19-8-24(38-18-5-6-18)23(34)9-22(19)33)28-27(20)42(30(44)39-29)12-31(15-46-28)13-45-14-31/h4,7-9,16-18,38H,1,5-6,10-15H2,2-3H3/t16-,17+/m1/s1. The number of carbonyl (C=O) groups is 1. The van der Waals surface area contributed by atoms with E-state index in [2.05, 4.69) is 16.9 Å². The Kier molecular flexibility index (Phi) is 7.38. The topological polar surface area (TPSA) is 79.7 Å². The molecule has 244 valence electrons. The number of hydrogen-bond acceptors (Lipinski definition) is 7. The molecule has 2 saturated heterocycles. The summed E-state index contributed by atoms with van der Waals surface area (Å²) in [5, 5.41) is 3.05. The van der Waals surface area contributed by atoms with Crippen LogP contribution in [-0.2, 0) is 22.3 Å². The van der Waals surface area contributed by atoms with Crippen molar-refractivity contribution in [3.05, 3.63) is 58.5 Å². The summed E-state index contributed by atoms with van der Waals surface area (Å²) in [6.07, 6.45) is -2.18. The number of carbonyl (C=O) groups excluding carboxylic acids is 1. The Labute approximate surface area is 265 Å². The fraction of sp³-hybridized carbons (Fsp3) is 0.469. The number of hydrogen-bond donors (Lipinski definition) is 1. The summed E-state index contributed by atoms with van der Waals surface area (Å²) in [4.78, 5) is 34.2. The van der Waals surface area contributed by atoms with Gasteiger partial charge in [-0.3, -0.25) is 9.36 Å². The Bertz CT molecular complexity index is 1840. The average Bonchev–Trinajstić information content (AvgIpc) is 3.82. The van der Waals surface area contributed by atoms with Gasteiger partial charge < -0.3 is 19.9 Å². The zero-order chi connectivity index (χ0) is 32.7. The molecule has 14 heteroatoms. The zero-order valence-corrected chi connectivity index (χ0v) is 26.0. The average molecular weight is 662 g/mol. The normalized spacial score (nSPS) is 22.5. The van der Waals surface area contributed by atoms with Gasteiger partial charge >= 0.3 is 11.9 Å². The highest BCUT2D eigenvalue weighted by Crippen LogP contribution is 2.52. The number of rotatable bonds is 5. The van der Waals surface area contributed by atoms with Crippen LogP contribution in [0.5, 0.6) is 0 Å². The van der Waals surface area contributed by atoms with Gasteiger partial charge in [0.25, 0.3) is 0 Å². The lowest BCUT2D eigenvalue weighted by Crippen LogP contribution is -2.58. The van der Waals surface area contributed by atoms with Gasteiger partial charge in [0.1, 0.15) is 17.5 Å². The lowest BCUT2D eigenvalue weighted by molar-refractivity contribution is -0.137. The Hall–Kier alpha value is -3.65. The van der Waals surface area contributed by atoms with Crippen molar-refractivity contribution in [2.75, 3.05) is 42.3 Å². The van der Waals surface area contributed by atoms with E-state index in [-0.39, 0.29) is 64.9 Å². The number of alkyl halides is 3. The van der Waals surface area contributed by atoms with E-state index in [9.17, 15) is 14.0 Å². The molecule has 1 spiro atoms. The van der Waals surface area contributed by atoms with Crippen LogP contribution < -0.4 is 15.9 Å². The fourth-order valence-electron chi connectivity index (χ4n) is 6.71. The highest BCUT2D eigenvalue weighted by atomic mass is 32.2. The smallest absolute Gasteiger partial charge is 0.380 e. The van der Waals surface area contributed by atoms with Gasteiger partial charge in [-0.25, -0.2) is 13.6 Å². The van der Waals surface area contributed by atoms with Crippen LogP contribution in [-0.4, -0.2) is 70.5 Å². The van der Waals surface area contributed by atoms with E-state index in [1.165, 1.54) is 10.6 Å². The Balaban J connectivity index is 1.51. The van der Waals surface area contributed by atoms with Crippen LogP contribution in [0.3, 0.4) is 0 Å². The predicted octanol–water partition coefficient (Wildman–Crippen LogP) is 5.67. The van der Waals surface area contributed by atoms with Crippen LogP contribution in [0.1, 0.15) is 32.3 Å². The van der Waals surface area contributed by atoms with Gasteiger partial charge in [-0.1, -0.05) is 6.58 Å². The molecule has 0 bridgehead atoms. The first-order chi connectivity index (χ1) is 21.8. The second-order valence-electron chi connectivity index (χ2n) is 12.9. The number of benzene rings is 2. The zero-order valence-electron chi connectivity index (χ0n) is 25.2. The van der Waals surface area contributed by atoms with Crippen LogP contribution in [0, 0.1) is 17.0 Å². The minimum absolute atomic E-state index is 0.0358. The Morgan fingerprint density at radius 2 is 1.87 bits per heavy atom. The molecule has 2 atom stereocenters. The summed E-state index contributed by atoms with van der Waals surface area (Å²) in [5.74, 6) is -1.92. The summed E-state index contributed by atoms with van der Waals surface area (Å²) in [6.45, 7) is 8.40. The molecule has 8 nitrogen and oxygen atoms in total. The van der Waals surface area contributed by atoms with Gasteiger partial charge in [-0.05, 0) is 44.9 Å². The number of ether oxygens (including phenoxy) is 1. The quantitative estimate of drug-likeness (QED) is 0.279. The molecule has 1 saturated carbocycles. The van der Waals surface area contributed by atoms with E-state index in [0.29, 0.717) is 25.0 Å². The van der Waals surface area contributed by atoms with Crippen LogP contribution >= 0.6 is 11.8 Å². The number of halogens is 5. The van der Waals surface area contributed by atoms with Crippen molar-refractivity contribution in [2.45, 2.75) is 62.4 Å². The van der Waals surface area contributed by atoms with E-state index in [4.69, 9.17) is 4.74 Å². The Morgan fingerprint density at radius 1 is 1.13 bits per heavy atom. The minimum atomic E-state index is -4.94. The molecule has 3 aromatic rings. The lowest BCUT2D eigenvalue weighted by Gasteiger charge is -2.44. The van der Waals surface area contributed by atoms with Crippen molar-refractivity contribution < 1.29 is 31.5 Å². The molecule has 2 aromatic carbocycles. The molecule has 3 fully saturated rings. The van der Waals surface area contributed by atoms with Crippen molar-refractivity contribution in [1.29, 1.82) is 0 Å². The highest BCUT2D eigenvalue weighted by molar-refractivity contribution is 7.99. The summed E-state index contributed by atoms with van der Waals surface area (Å²) < 4.78 is 82.8. The summed E-state index contributed by atoms with van der Waals surface area (Å²) >= 11 is 1.12. The third-order valence-corrected chi connectivity index (χ3v) is 10.8. The first-order valence-electron chi connectivity index (χ1n) is 15.1. The fourth-order valence-corrected chi connectivity index (χ4v) is 8.14. The molecule has 1 amide bonds. The second-order valence-corrected chi connectivity index (χ2v) is 13.9. The van der Waals surface area contributed by atoms with Gasteiger partial charge in [0.15, 0.2) is 0 Å². The minimum Gasteiger partial charge on any atom is -0.380 e. The molecular formula is C32H32F5N5O3S. The third-order valence-electron chi connectivity index (χ3n) is 9.32. The van der Waals surface area contributed by atoms with Crippen LogP contribution in [0.15, 0.2) is 40.5 Å². The molecular weight excluding hydrogens is 629 g/mol. The predicted molar refractivity (Wildman–Crippen MR) is 165 cm³/mol. The first-order valence-corrected chi connectivity index (χ1v) is 16.1. The molecule has 3 aliphatic heterocycles. The number of amides is 1. The summed E-state index contributed by atoms with van der Waals surface area (Å²) in [5.41, 5.74) is -2.99. The molecule has 1 aromatic heterocycles. The molecule has 7 rings (SSSR count). The maximum Gasteiger partial charge on any atom is 0.417 e. The number of aromatic nitrogens is 2. The molecule has 4 aliphatic rings. The summed E-state index contributed by atoms with van der Waals surface area (Å²) in [7, 11) is 0. The molecule has 1 N–H and O–H groups in total. The van der Waals surface area contributed by atoms with Crippen molar-refractivity contribution in [3.63, 3.8) is 0 Å². The van der Waals surface area contributed by atoms with Gasteiger partial charge in [-0.2, -0.15) is 18.2 Å². The van der Waals surface area contributed by atoms with Gasteiger partial charge in [0.05, 0.1) is 30.0 Å². The summed E-state index contributed by atoms with van der Waals surface area (Å²) in [6, 6.07) is 1.86. The maximum atomic E-state index is 15.7. The number of anilines is 2. The van der Waals surface area contributed by atoms with Crippen molar-refractivity contribution in [1.82, 2.24) is 14.5 Å². The molecule has 46 heavy (non-hydrogen) atoms. The van der Waals surface area contributed by atoms with Crippen molar-refractivity contribution in [3.8, 4) is 11.1 Å². The monoisotopic (exact) mass is 661 g/mol. The highest BCUT2D eigenvalue weighted by Gasteiger charge is 2.45. The van der Waals surface area contributed by atoms with Gasteiger partial charge in [0.2, 0.25) is 5.91 Å². The Morgan fingerprint density at radius 3 is 2.50 bits per heavy atom. The number of thioether (sulfide) groups is 1. The molecule has 1 aliphatic carbocycles. The van der Waals surface area contributed by atoms with Crippen LogP contribution in [0.25, 0.3) is 22.0 Å². The van der Waals surface area contributed by atoms with E-state index in [1.807, 2.05) is 13.8 Å². The van der Waals surface area contributed by atoms with E-state index in [0.717, 1.165) is 36.7 Å².